The van der Waals surface area contributed by atoms with Gasteiger partial charge in [0.25, 0.3) is 0 Å². The van der Waals surface area contributed by atoms with E-state index in [1.165, 1.54) is 25.7 Å². The molecule has 0 bridgehead atoms. The maximum absolute atomic E-state index is 12.6. The number of hydrogen-bond donors (Lipinski definition) is 0. The van der Waals surface area contributed by atoms with Gasteiger partial charge in [0.2, 0.25) is 11.8 Å². The number of piperidine rings is 2. The number of hydrogen-bond acceptors (Lipinski definition) is 2. The van der Waals surface area contributed by atoms with E-state index >= 15 is 0 Å². The Bertz CT molecular complexity index is 419. The van der Waals surface area contributed by atoms with Crippen LogP contribution in [-0.2, 0) is 9.59 Å². The zero-order valence-electron chi connectivity index (χ0n) is 13.4. The molecule has 3 fully saturated rings. The van der Waals surface area contributed by atoms with Crippen molar-refractivity contribution in [3.05, 3.63) is 0 Å². The Morgan fingerprint density at radius 2 is 1.67 bits per heavy atom. The van der Waals surface area contributed by atoms with Crippen LogP contribution in [0.2, 0.25) is 0 Å². The monoisotopic (exact) mass is 292 g/mol. The second-order valence-electron chi connectivity index (χ2n) is 7.28. The highest BCUT2D eigenvalue weighted by Crippen LogP contribution is 2.60. The number of amides is 2. The maximum atomic E-state index is 12.6. The summed E-state index contributed by atoms with van der Waals surface area (Å²) in [6.07, 6.45) is 6.81. The van der Waals surface area contributed by atoms with Crippen LogP contribution in [0.4, 0.5) is 0 Å². The summed E-state index contributed by atoms with van der Waals surface area (Å²) < 4.78 is 0. The fraction of sp³-hybridized carbons (Fsp3) is 0.882. The molecule has 1 saturated carbocycles. The molecule has 118 valence electrons. The molecular weight excluding hydrogens is 264 g/mol. The SMILES string of the molecule is CCC1CC12CCN(C(=O)C1CCN(C(C)=O)CC1)CC2. The van der Waals surface area contributed by atoms with Gasteiger partial charge in [0.05, 0.1) is 0 Å². The van der Waals surface area contributed by atoms with Crippen molar-refractivity contribution >= 4 is 11.8 Å². The molecule has 0 radical (unpaired) electrons. The van der Waals surface area contributed by atoms with E-state index < -0.39 is 0 Å². The van der Waals surface area contributed by atoms with E-state index in [4.69, 9.17) is 0 Å². The summed E-state index contributed by atoms with van der Waals surface area (Å²) in [5, 5.41) is 0. The minimum atomic E-state index is 0.139. The van der Waals surface area contributed by atoms with Crippen LogP contribution in [0.15, 0.2) is 0 Å². The van der Waals surface area contributed by atoms with E-state index in [-0.39, 0.29) is 11.8 Å². The van der Waals surface area contributed by atoms with E-state index in [1.807, 2.05) is 4.90 Å². The maximum Gasteiger partial charge on any atom is 0.225 e. The van der Waals surface area contributed by atoms with E-state index in [0.29, 0.717) is 11.3 Å². The van der Waals surface area contributed by atoms with Gasteiger partial charge < -0.3 is 9.80 Å². The van der Waals surface area contributed by atoms with Crippen molar-refractivity contribution in [1.82, 2.24) is 9.80 Å². The molecule has 4 heteroatoms. The molecule has 2 saturated heterocycles. The van der Waals surface area contributed by atoms with Gasteiger partial charge in [0, 0.05) is 39.0 Å². The summed E-state index contributed by atoms with van der Waals surface area (Å²) in [6.45, 7) is 7.33. The molecule has 1 unspecified atom stereocenters. The van der Waals surface area contributed by atoms with Crippen LogP contribution in [0, 0.1) is 17.3 Å². The molecule has 0 aromatic rings. The number of likely N-dealkylation sites (tertiary alicyclic amines) is 2. The summed E-state index contributed by atoms with van der Waals surface area (Å²) in [7, 11) is 0. The third kappa shape index (κ3) is 2.82. The van der Waals surface area contributed by atoms with Crippen LogP contribution in [-0.4, -0.2) is 47.8 Å². The summed E-state index contributed by atoms with van der Waals surface area (Å²) in [5.41, 5.74) is 0.601. The highest BCUT2D eigenvalue weighted by Gasteiger charge is 2.53. The minimum absolute atomic E-state index is 0.139. The molecule has 21 heavy (non-hydrogen) atoms. The Hall–Kier alpha value is -1.06. The van der Waals surface area contributed by atoms with Gasteiger partial charge in [-0.25, -0.2) is 0 Å². The normalized spacial score (nSPS) is 28.8. The lowest BCUT2D eigenvalue weighted by atomic mass is 9.88. The van der Waals surface area contributed by atoms with Crippen molar-refractivity contribution in [2.75, 3.05) is 26.2 Å². The van der Waals surface area contributed by atoms with Gasteiger partial charge in [-0.1, -0.05) is 13.3 Å². The summed E-state index contributed by atoms with van der Waals surface area (Å²) in [6, 6.07) is 0. The molecule has 2 aliphatic heterocycles. The van der Waals surface area contributed by atoms with Gasteiger partial charge >= 0.3 is 0 Å². The average molecular weight is 292 g/mol. The van der Waals surface area contributed by atoms with Gasteiger partial charge in [-0.3, -0.25) is 9.59 Å². The third-order valence-corrected chi connectivity index (χ3v) is 6.21. The Morgan fingerprint density at radius 3 is 2.14 bits per heavy atom. The Kier molecular flexibility index (Phi) is 3.98. The molecule has 2 amide bonds. The number of carbonyl (C=O) groups is 2. The Morgan fingerprint density at radius 1 is 1.05 bits per heavy atom. The second kappa shape index (κ2) is 5.62. The highest BCUT2D eigenvalue weighted by atomic mass is 16.2. The molecule has 1 spiro atoms. The van der Waals surface area contributed by atoms with Crippen LogP contribution in [0.1, 0.15) is 52.4 Å². The molecule has 3 rings (SSSR count). The van der Waals surface area contributed by atoms with Crippen LogP contribution < -0.4 is 0 Å². The lowest BCUT2D eigenvalue weighted by Crippen LogP contribution is -2.46. The van der Waals surface area contributed by atoms with E-state index in [9.17, 15) is 9.59 Å². The Balaban J connectivity index is 1.48. The van der Waals surface area contributed by atoms with Gasteiger partial charge in [0.15, 0.2) is 0 Å². The van der Waals surface area contributed by atoms with Crippen LogP contribution in [0.25, 0.3) is 0 Å². The highest BCUT2D eigenvalue weighted by molar-refractivity contribution is 5.80. The molecule has 0 aromatic carbocycles. The molecule has 3 aliphatic rings. The van der Waals surface area contributed by atoms with Crippen LogP contribution >= 0.6 is 0 Å². The Labute approximate surface area is 127 Å². The topological polar surface area (TPSA) is 40.6 Å². The van der Waals surface area contributed by atoms with E-state index in [2.05, 4.69) is 11.8 Å². The van der Waals surface area contributed by atoms with Crippen LogP contribution in [0.5, 0.6) is 0 Å². The van der Waals surface area contributed by atoms with Crippen molar-refractivity contribution in [3.63, 3.8) is 0 Å². The molecule has 1 atom stereocenters. The first kappa shape index (κ1) is 14.9. The molecule has 2 heterocycles. The average Bonchev–Trinajstić information content (AvgIpc) is 3.20. The number of rotatable bonds is 2. The van der Waals surface area contributed by atoms with Crippen LogP contribution in [0.3, 0.4) is 0 Å². The first-order valence-electron chi connectivity index (χ1n) is 8.60. The van der Waals surface area contributed by atoms with Crippen molar-refractivity contribution in [2.24, 2.45) is 17.3 Å². The third-order valence-electron chi connectivity index (χ3n) is 6.21. The molecule has 4 nitrogen and oxygen atoms in total. The van der Waals surface area contributed by atoms with Gasteiger partial charge in [-0.15, -0.1) is 0 Å². The van der Waals surface area contributed by atoms with Crippen molar-refractivity contribution in [3.8, 4) is 0 Å². The van der Waals surface area contributed by atoms with Crippen molar-refractivity contribution in [2.45, 2.75) is 52.4 Å². The first-order valence-corrected chi connectivity index (χ1v) is 8.60. The lowest BCUT2D eigenvalue weighted by molar-refractivity contribution is -0.141. The smallest absolute Gasteiger partial charge is 0.225 e. The zero-order valence-corrected chi connectivity index (χ0v) is 13.4. The fourth-order valence-electron chi connectivity index (χ4n) is 4.49. The van der Waals surface area contributed by atoms with Crippen molar-refractivity contribution < 1.29 is 9.59 Å². The van der Waals surface area contributed by atoms with Gasteiger partial charge in [0.1, 0.15) is 0 Å². The molecule has 0 aromatic heterocycles. The summed E-state index contributed by atoms with van der Waals surface area (Å²) in [5.74, 6) is 1.56. The summed E-state index contributed by atoms with van der Waals surface area (Å²) >= 11 is 0. The molecule has 0 N–H and O–H groups in total. The zero-order chi connectivity index (χ0) is 15.0. The van der Waals surface area contributed by atoms with Gasteiger partial charge in [-0.05, 0) is 43.4 Å². The number of carbonyl (C=O) groups excluding carboxylic acids is 2. The van der Waals surface area contributed by atoms with E-state index in [0.717, 1.165) is 44.9 Å². The van der Waals surface area contributed by atoms with Gasteiger partial charge in [-0.2, -0.15) is 0 Å². The second-order valence-corrected chi connectivity index (χ2v) is 7.28. The van der Waals surface area contributed by atoms with Crippen molar-refractivity contribution in [1.29, 1.82) is 0 Å². The fourth-order valence-corrected chi connectivity index (χ4v) is 4.49. The minimum Gasteiger partial charge on any atom is -0.343 e. The lowest BCUT2D eigenvalue weighted by Gasteiger charge is -2.37. The summed E-state index contributed by atoms with van der Waals surface area (Å²) in [4.78, 5) is 27.9. The predicted octanol–water partition coefficient (Wildman–Crippen LogP) is 2.28. The molecule has 1 aliphatic carbocycles. The first-order chi connectivity index (χ1) is 10.1. The quantitative estimate of drug-likeness (QED) is 0.783. The largest absolute Gasteiger partial charge is 0.343 e. The molecular formula is C17H28N2O2. The predicted molar refractivity (Wildman–Crippen MR) is 81.6 cm³/mol. The number of nitrogens with zero attached hydrogens (tertiary/aromatic N) is 2. The standard InChI is InChI=1S/C17H28N2O2/c1-3-15-12-17(15)6-10-19(11-7-17)16(21)14-4-8-18(9-5-14)13(2)20/h14-15H,3-12H2,1-2H3. The van der Waals surface area contributed by atoms with E-state index in [1.54, 1.807) is 6.92 Å².